The number of hydrogen-bond donors (Lipinski definition) is 2. The molecule has 3 fully saturated rings. The summed E-state index contributed by atoms with van der Waals surface area (Å²) in [4.78, 5) is 15.9. The van der Waals surface area contributed by atoms with E-state index in [1.165, 1.54) is 19.3 Å². The van der Waals surface area contributed by atoms with Crippen LogP contribution in [0.25, 0.3) is 0 Å². The average Bonchev–Trinajstić information content (AvgIpc) is 2.82. The molecule has 1 saturated heterocycles. The molecule has 2 bridgehead atoms. The molecule has 4 nitrogen and oxygen atoms in total. The predicted octanol–water partition coefficient (Wildman–Crippen LogP) is 0.250. The van der Waals surface area contributed by atoms with Gasteiger partial charge in [0.25, 0.3) is 5.91 Å². The first kappa shape index (κ1) is 8.26. The van der Waals surface area contributed by atoms with Gasteiger partial charge in [-0.2, -0.15) is 0 Å². The normalized spacial score (nSPS) is 47.5. The van der Waals surface area contributed by atoms with Crippen LogP contribution in [0.5, 0.6) is 0 Å². The van der Waals surface area contributed by atoms with Crippen molar-refractivity contribution in [3.63, 3.8) is 0 Å². The maximum atomic E-state index is 11.9. The highest BCUT2D eigenvalue weighted by molar-refractivity contribution is 6.09. The molecule has 0 radical (unpaired) electrons. The number of carbonyl (C=O) groups is 1. The van der Waals surface area contributed by atoms with Gasteiger partial charge in [0.2, 0.25) is 0 Å². The summed E-state index contributed by atoms with van der Waals surface area (Å²) in [6, 6.07) is 0. The van der Waals surface area contributed by atoms with Gasteiger partial charge in [0.05, 0.1) is 0 Å². The summed E-state index contributed by atoms with van der Waals surface area (Å²) in [7, 11) is 1.70. The molecule has 0 aromatic rings. The van der Waals surface area contributed by atoms with Gasteiger partial charge < -0.3 is 5.32 Å². The van der Waals surface area contributed by atoms with Crippen molar-refractivity contribution in [2.75, 3.05) is 7.05 Å². The number of fused-ring (bicyclic) bond motifs is 3. The summed E-state index contributed by atoms with van der Waals surface area (Å²) in [5.74, 6) is 2.09. The van der Waals surface area contributed by atoms with Crippen LogP contribution in [-0.4, -0.2) is 24.5 Å². The smallest absolute Gasteiger partial charge is 0.252 e. The first-order valence-corrected chi connectivity index (χ1v) is 5.31. The molecule has 3 aliphatic rings. The van der Waals surface area contributed by atoms with Crippen LogP contribution >= 0.6 is 0 Å². The molecule has 2 saturated carbocycles. The first-order chi connectivity index (χ1) is 6.74. The number of aliphatic imine (C=N–C) groups is 1. The molecule has 1 heterocycles. The van der Waals surface area contributed by atoms with Crippen LogP contribution in [0.4, 0.5) is 0 Å². The van der Waals surface area contributed by atoms with Crippen molar-refractivity contribution in [2.45, 2.75) is 31.2 Å². The minimum absolute atomic E-state index is 0.144. The van der Waals surface area contributed by atoms with Gasteiger partial charge >= 0.3 is 0 Å². The Labute approximate surface area is 83.2 Å². The Morgan fingerprint density at radius 3 is 2.86 bits per heavy atom. The second-order valence-corrected chi connectivity index (χ2v) is 4.70. The minimum atomic E-state index is -0.294. The van der Waals surface area contributed by atoms with Crippen molar-refractivity contribution in [3.8, 4) is 0 Å². The van der Waals surface area contributed by atoms with E-state index >= 15 is 0 Å². The highest BCUT2D eigenvalue weighted by atomic mass is 16.2. The van der Waals surface area contributed by atoms with E-state index in [9.17, 15) is 4.79 Å². The number of nitrogens with zero attached hydrogens (tertiary/aromatic N) is 1. The van der Waals surface area contributed by atoms with Crippen LogP contribution in [0, 0.1) is 11.8 Å². The Morgan fingerprint density at radius 2 is 2.36 bits per heavy atom. The molecule has 14 heavy (non-hydrogen) atoms. The number of nitrogens with one attached hydrogen (secondary N) is 2. The third kappa shape index (κ3) is 0.837. The molecule has 2 aliphatic carbocycles. The topological polar surface area (TPSA) is 53.5 Å². The van der Waals surface area contributed by atoms with Crippen LogP contribution in [0.3, 0.4) is 0 Å². The standard InChI is InChI=1S/C10H15N3O/c1-11-9-12-8(14)10(13-9)5-6-2-3-7(10)4-6/h6-7H,2-5H2,1H3,(H2,11,12,13,14). The maximum absolute atomic E-state index is 11.9. The molecule has 0 aromatic carbocycles. The van der Waals surface area contributed by atoms with E-state index in [2.05, 4.69) is 15.6 Å². The van der Waals surface area contributed by atoms with Gasteiger partial charge in [0.1, 0.15) is 5.54 Å². The van der Waals surface area contributed by atoms with Gasteiger partial charge in [-0.05, 0) is 37.5 Å². The number of rotatable bonds is 0. The van der Waals surface area contributed by atoms with Gasteiger partial charge in [-0.3, -0.25) is 15.1 Å². The van der Waals surface area contributed by atoms with E-state index in [0.717, 1.165) is 12.3 Å². The lowest BCUT2D eigenvalue weighted by Gasteiger charge is -2.30. The Kier molecular flexibility index (Phi) is 1.47. The van der Waals surface area contributed by atoms with Crippen molar-refractivity contribution >= 4 is 11.9 Å². The molecule has 1 amide bonds. The fourth-order valence-electron chi connectivity index (χ4n) is 3.39. The largest absolute Gasteiger partial charge is 0.341 e. The van der Waals surface area contributed by atoms with Gasteiger partial charge in [-0.15, -0.1) is 0 Å². The second kappa shape index (κ2) is 2.49. The average molecular weight is 193 g/mol. The highest BCUT2D eigenvalue weighted by Gasteiger charge is 2.58. The zero-order chi connectivity index (χ0) is 9.76. The SMILES string of the molecule is CN=C1NC(=O)C2(CC3CCC2C3)N1. The molecular weight excluding hydrogens is 178 g/mol. The van der Waals surface area contributed by atoms with E-state index in [0.29, 0.717) is 11.9 Å². The lowest BCUT2D eigenvalue weighted by Crippen LogP contribution is -2.51. The molecule has 0 aromatic heterocycles. The van der Waals surface area contributed by atoms with Gasteiger partial charge in [-0.1, -0.05) is 0 Å². The molecule has 1 aliphatic heterocycles. The summed E-state index contributed by atoms with van der Waals surface area (Å²) in [6.07, 6.45) is 4.72. The summed E-state index contributed by atoms with van der Waals surface area (Å²) in [5, 5.41) is 6.11. The van der Waals surface area contributed by atoms with E-state index in [4.69, 9.17) is 0 Å². The lowest BCUT2D eigenvalue weighted by atomic mass is 9.81. The van der Waals surface area contributed by atoms with E-state index < -0.39 is 0 Å². The summed E-state index contributed by atoms with van der Waals surface area (Å²) in [5.41, 5.74) is -0.294. The quantitative estimate of drug-likeness (QED) is 0.579. The summed E-state index contributed by atoms with van der Waals surface area (Å²) < 4.78 is 0. The van der Waals surface area contributed by atoms with Crippen molar-refractivity contribution in [2.24, 2.45) is 16.8 Å². The van der Waals surface area contributed by atoms with Crippen molar-refractivity contribution in [3.05, 3.63) is 0 Å². The molecule has 3 rings (SSSR count). The van der Waals surface area contributed by atoms with Gasteiger partial charge in [-0.25, -0.2) is 0 Å². The molecule has 2 N–H and O–H groups in total. The number of carbonyl (C=O) groups excluding carboxylic acids is 1. The number of hydrogen-bond acceptors (Lipinski definition) is 2. The Hall–Kier alpha value is -1.06. The predicted molar refractivity (Wildman–Crippen MR) is 52.8 cm³/mol. The molecular formula is C10H15N3O. The minimum Gasteiger partial charge on any atom is -0.341 e. The Bertz CT molecular complexity index is 325. The van der Waals surface area contributed by atoms with Crippen molar-refractivity contribution < 1.29 is 4.79 Å². The maximum Gasteiger partial charge on any atom is 0.252 e. The van der Waals surface area contributed by atoms with E-state index in [1.807, 2.05) is 0 Å². The molecule has 1 spiro atoms. The number of guanidine groups is 1. The van der Waals surface area contributed by atoms with Crippen molar-refractivity contribution in [1.82, 2.24) is 10.6 Å². The molecule has 76 valence electrons. The van der Waals surface area contributed by atoms with E-state index in [1.54, 1.807) is 7.05 Å². The summed E-state index contributed by atoms with van der Waals surface area (Å²) >= 11 is 0. The fourth-order valence-corrected chi connectivity index (χ4v) is 3.39. The molecule has 3 unspecified atom stereocenters. The molecule has 4 heteroatoms. The van der Waals surface area contributed by atoms with Crippen LogP contribution in [0.15, 0.2) is 4.99 Å². The monoisotopic (exact) mass is 193 g/mol. The first-order valence-electron chi connectivity index (χ1n) is 5.31. The highest BCUT2D eigenvalue weighted by Crippen LogP contribution is 2.51. The number of amides is 1. The van der Waals surface area contributed by atoms with Gasteiger partial charge in [0, 0.05) is 7.05 Å². The summed E-state index contributed by atoms with van der Waals surface area (Å²) in [6.45, 7) is 0. The van der Waals surface area contributed by atoms with Crippen molar-refractivity contribution in [1.29, 1.82) is 0 Å². The Morgan fingerprint density at radius 1 is 1.50 bits per heavy atom. The Balaban J connectivity index is 1.95. The fraction of sp³-hybridized carbons (Fsp3) is 0.800. The molecule has 3 atom stereocenters. The zero-order valence-corrected chi connectivity index (χ0v) is 8.34. The van der Waals surface area contributed by atoms with Gasteiger partial charge in [0.15, 0.2) is 5.96 Å². The van der Waals surface area contributed by atoms with E-state index in [-0.39, 0.29) is 11.4 Å². The van der Waals surface area contributed by atoms with Crippen LogP contribution in [0.1, 0.15) is 25.7 Å². The van der Waals surface area contributed by atoms with Crippen LogP contribution in [-0.2, 0) is 4.79 Å². The second-order valence-electron chi connectivity index (χ2n) is 4.70. The lowest BCUT2D eigenvalue weighted by molar-refractivity contribution is -0.125. The third-order valence-electron chi connectivity index (χ3n) is 4.05. The van der Waals surface area contributed by atoms with Crippen LogP contribution in [0.2, 0.25) is 0 Å². The van der Waals surface area contributed by atoms with Crippen LogP contribution < -0.4 is 10.6 Å². The third-order valence-corrected chi connectivity index (χ3v) is 4.05. The zero-order valence-electron chi connectivity index (χ0n) is 8.34.